The standard InChI is InChI=1S/C16H19N3O3/c1-19-9-10(8-17-19)12-7-13(12)16(20)18-11-4-5-14(21-2)15(6-11)22-3/h4-6,8-9,12-13H,7H2,1-3H3,(H,18,20)/t12-,13+/m1/s1. The number of hydrogen-bond donors (Lipinski definition) is 1. The second-order valence-electron chi connectivity index (χ2n) is 5.46. The Balaban J connectivity index is 1.65. The highest BCUT2D eigenvalue weighted by atomic mass is 16.5. The van der Waals surface area contributed by atoms with E-state index < -0.39 is 0 Å². The normalized spacial score (nSPS) is 19.6. The van der Waals surface area contributed by atoms with Gasteiger partial charge >= 0.3 is 0 Å². The number of methoxy groups -OCH3 is 2. The van der Waals surface area contributed by atoms with Gasteiger partial charge in [-0.3, -0.25) is 9.48 Å². The van der Waals surface area contributed by atoms with Crippen LogP contribution in [0.1, 0.15) is 17.9 Å². The summed E-state index contributed by atoms with van der Waals surface area (Å²) in [6.07, 6.45) is 4.66. The molecule has 3 rings (SSSR count). The topological polar surface area (TPSA) is 65.4 Å². The van der Waals surface area contributed by atoms with Crippen molar-refractivity contribution in [2.75, 3.05) is 19.5 Å². The fraction of sp³-hybridized carbons (Fsp3) is 0.375. The summed E-state index contributed by atoms with van der Waals surface area (Å²) in [4.78, 5) is 12.3. The van der Waals surface area contributed by atoms with E-state index in [4.69, 9.17) is 9.47 Å². The minimum absolute atomic E-state index is 0.0114. The molecule has 1 aromatic carbocycles. The van der Waals surface area contributed by atoms with Crippen molar-refractivity contribution in [1.29, 1.82) is 0 Å². The number of nitrogens with zero attached hydrogens (tertiary/aromatic N) is 2. The van der Waals surface area contributed by atoms with Gasteiger partial charge in [0.1, 0.15) is 0 Å². The molecule has 1 N–H and O–H groups in total. The molecule has 1 aromatic heterocycles. The van der Waals surface area contributed by atoms with Gasteiger partial charge in [0.15, 0.2) is 11.5 Å². The molecular weight excluding hydrogens is 282 g/mol. The Hall–Kier alpha value is -2.50. The van der Waals surface area contributed by atoms with Crippen molar-refractivity contribution in [3.05, 3.63) is 36.2 Å². The molecule has 6 heteroatoms. The molecule has 0 unspecified atom stereocenters. The first-order valence-corrected chi connectivity index (χ1v) is 7.14. The summed E-state index contributed by atoms with van der Waals surface area (Å²) >= 11 is 0. The highest BCUT2D eigenvalue weighted by Crippen LogP contribution is 2.48. The van der Waals surface area contributed by atoms with Crippen molar-refractivity contribution in [2.45, 2.75) is 12.3 Å². The van der Waals surface area contributed by atoms with Crippen LogP contribution in [0, 0.1) is 5.92 Å². The molecule has 1 fully saturated rings. The van der Waals surface area contributed by atoms with E-state index in [1.807, 2.05) is 19.4 Å². The van der Waals surface area contributed by atoms with E-state index in [-0.39, 0.29) is 17.7 Å². The number of hydrogen-bond acceptors (Lipinski definition) is 4. The summed E-state index contributed by atoms with van der Waals surface area (Å²) in [7, 11) is 5.03. The van der Waals surface area contributed by atoms with Gasteiger partial charge in [-0.15, -0.1) is 0 Å². The largest absolute Gasteiger partial charge is 0.493 e. The number of carbonyl (C=O) groups is 1. The average molecular weight is 301 g/mol. The number of aryl methyl sites for hydroxylation is 1. The van der Waals surface area contributed by atoms with Gasteiger partial charge in [0.2, 0.25) is 5.91 Å². The van der Waals surface area contributed by atoms with E-state index >= 15 is 0 Å². The van der Waals surface area contributed by atoms with Gasteiger partial charge in [-0.1, -0.05) is 0 Å². The molecule has 1 aliphatic rings. The van der Waals surface area contributed by atoms with E-state index in [1.165, 1.54) is 0 Å². The van der Waals surface area contributed by atoms with Gasteiger partial charge in [-0.25, -0.2) is 0 Å². The van der Waals surface area contributed by atoms with E-state index in [1.54, 1.807) is 37.1 Å². The molecule has 2 atom stereocenters. The smallest absolute Gasteiger partial charge is 0.228 e. The Morgan fingerprint density at radius 2 is 2.09 bits per heavy atom. The molecule has 1 heterocycles. The van der Waals surface area contributed by atoms with Gasteiger partial charge in [0, 0.05) is 30.9 Å². The first-order chi connectivity index (χ1) is 10.6. The molecule has 2 aromatic rings. The molecule has 0 aliphatic heterocycles. The summed E-state index contributed by atoms with van der Waals surface area (Å²) in [5.74, 6) is 1.55. The molecule has 1 amide bonds. The third-order valence-corrected chi connectivity index (χ3v) is 3.93. The monoisotopic (exact) mass is 301 g/mol. The summed E-state index contributed by atoms with van der Waals surface area (Å²) in [5, 5.41) is 7.09. The Kier molecular flexibility index (Phi) is 3.75. The van der Waals surface area contributed by atoms with Crippen LogP contribution < -0.4 is 14.8 Å². The number of ether oxygens (including phenoxy) is 2. The molecular formula is C16H19N3O3. The van der Waals surface area contributed by atoms with E-state index in [0.717, 1.165) is 12.0 Å². The molecule has 1 saturated carbocycles. The van der Waals surface area contributed by atoms with Crippen LogP contribution in [0.4, 0.5) is 5.69 Å². The summed E-state index contributed by atoms with van der Waals surface area (Å²) < 4.78 is 12.2. The number of carbonyl (C=O) groups excluding carboxylic acids is 1. The number of amides is 1. The number of aromatic nitrogens is 2. The molecule has 116 valence electrons. The van der Waals surface area contributed by atoms with Gasteiger partial charge in [-0.2, -0.15) is 5.10 Å². The fourth-order valence-electron chi connectivity index (χ4n) is 2.63. The molecule has 1 aliphatic carbocycles. The minimum Gasteiger partial charge on any atom is -0.493 e. The molecule has 22 heavy (non-hydrogen) atoms. The Bertz CT molecular complexity index is 696. The third-order valence-electron chi connectivity index (χ3n) is 3.93. The summed E-state index contributed by atoms with van der Waals surface area (Å²) in [5.41, 5.74) is 1.83. The van der Waals surface area contributed by atoms with Crippen LogP contribution >= 0.6 is 0 Å². The average Bonchev–Trinajstić information content (AvgIpc) is 3.22. The zero-order valence-corrected chi connectivity index (χ0v) is 12.9. The first kappa shape index (κ1) is 14.4. The lowest BCUT2D eigenvalue weighted by Crippen LogP contribution is -2.14. The number of nitrogens with one attached hydrogen (secondary N) is 1. The minimum atomic E-state index is 0.0114. The van der Waals surface area contributed by atoms with Crippen LogP contribution in [0.25, 0.3) is 0 Å². The summed E-state index contributed by atoms with van der Waals surface area (Å²) in [6, 6.07) is 5.35. The zero-order valence-electron chi connectivity index (χ0n) is 12.9. The maximum absolute atomic E-state index is 12.3. The Morgan fingerprint density at radius 1 is 1.32 bits per heavy atom. The van der Waals surface area contributed by atoms with Crippen molar-refractivity contribution in [3.8, 4) is 11.5 Å². The first-order valence-electron chi connectivity index (χ1n) is 7.14. The quantitative estimate of drug-likeness (QED) is 0.919. The van der Waals surface area contributed by atoms with Crippen LogP contribution in [-0.2, 0) is 11.8 Å². The molecule has 6 nitrogen and oxygen atoms in total. The van der Waals surface area contributed by atoms with Crippen molar-refractivity contribution in [2.24, 2.45) is 13.0 Å². The second kappa shape index (κ2) is 5.71. The third kappa shape index (κ3) is 2.77. The predicted molar refractivity (Wildman–Crippen MR) is 82.2 cm³/mol. The molecule has 0 bridgehead atoms. The lowest BCUT2D eigenvalue weighted by atomic mass is 10.2. The van der Waals surface area contributed by atoms with Crippen LogP contribution in [0.2, 0.25) is 0 Å². The Labute approximate surface area is 129 Å². The second-order valence-corrected chi connectivity index (χ2v) is 5.46. The van der Waals surface area contributed by atoms with Gasteiger partial charge in [-0.05, 0) is 30.0 Å². The van der Waals surface area contributed by atoms with E-state index in [2.05, 4.69) is 10.4 Å². The maximum Gasteiger partial charge on any atom is 0.228 e. The van der Waals surface area contributed by atoms with E-state index in [0.29, 0.717) is 17.2 Å². The van der Waals surface area contributed by atoms with Crippen LogP contribution in [0.3, 0.4) is 0 Å². The van der Waals surface area contributed by atoms with Crippen molar-refractivity contribution >= 4 is 11.6 Å². The van der Waals surface area contributed by atoms with Gasteiger partial charge in [0.05, 0.1) is 20.4 Å². The van der Waals surface area contributed by atoms with Crippen LogP contribution in [-0.4, -0.2) is 29.9 Å². The fourth-order valence-corrected chi connectivity index (χ4v) is 2.63. The van der Waals surface area contributed by atoms with Crippen molar-refractivity contribution in [3.63, 3.8) is 0 Å². The van der Waals surface area contributed by atoms with Crippen molar-refractivity contribution in [1.82, 2.24) is 9.78 Å². The number of rotatable bonds is 5. The molecule has 0 radical (unpaired) electrons. The SMILES string of the molecule is COc1ccc(NC(=O)[C@H]2C[C@@H]2c2cnn(C)c2)cc1OC. The highest BCUT2D eigenvalue weighted by molar-refractivity contribution is 5.95. The van der Waals surface area contributed by atoms with E-state index in [9.17, 15) is 4.79 Å². The Morgan fingerprint density at radius 3 is 2.73 bits per heavy atom. The molecule has 0 saturated heterocycles. The maximum atomic E-state index is 12.3. The van der Waals surface area contributed by atoms with Gasteiger partial charge in [0.25, 0.3) is 0 Å². The number of benzene rings is 1. The van der Waals surface area contributed by atoms with Gasteiger partial charge < -0.3 is 14.8 Å². The number of anilines is 1. The predicted octanol–water partition coefficient (Wildman–Crippen LogP) is 2.18. The lowest BCUT2D eigenvalue weighted by molar-refractivity contribution is -0.117. The zero-order chi connectivity index (χ0) is 15.7. The van der Waals surface area contributed by atoms with Crippen LogP contribution in [0.5, 0.6) is 11.5 Å². The lowest BCUT2D eigenvalue weighted by Gasteiger charge is -2.10. The van der Waals surface area contributed by atoms with Crippen molar-refractivity contribution < 1.29 is 14.3 Å². The molecule has 0 spiro atoms. The highest BCUT2D eigenvalue weighted by Gasteiger charge is 2.44. The summed E-state index contributed by atoms with van der Waals surface area (Å²) in [6.45, 7) is 0. The van der Waals surface area contributed by atoms with Crippen LogP contribution in [0.15, 0.2) is 30.6 Å².